The van der Waals surface area contributed by atoms with Crippen LogP contribution in [0.2, 0.25) is 0 Å². The van der Waals surface area contributed by atoms with Crippen molar-refractivity contribution in [1.82, 2.24) is 4.90 Å². The topological polar surface area (TPSA) is 20.3 Å². The van der Waals surface area contributed by atoms with Gasteiger partial charge in [0.1, 0.15) is 0 Å². The third-order valence-corrected chi connectivity index (χ3v) is 3.01. The van der Waals surface area contributed by atoms with E-state index >= 15 is 0 Å². The third-order valence-electron chi connectivity index (χ3n) is 2.74. The van der Waals surface area contributed by atoms with E-state index < -0.39 is 0 Å². The van der Waals surface area contributed by atoms with Crippen molar-refractivity contribution in [3.05, 3.63) is 35.4 Å². The van der Waals surface area contributed by atoms with Crippen LogP contribution in [-0.4, -0.2) is 23.7 Å². The van der Waals surface area contributed by atoms with Crippen LogP contribution in [0.5, 0.6) is 0 Å². The minimum atomic E-state index is 0.190. The molecule has 94 valence electrons. The molecule has 17 heavy (non-hydrogen) atoms. The first kappa shape index (κ1) is 14.0. The fraction of sp³-hybridized carbons (Fsp3) is 0.500. The minimum Gasteiger partial charge on any atom is -0.341 e. The lowest BCUT2D eigenvalue weighted by molar-refractivity contribution is -0.130. The SMILES string of the molecule is Cc1ccc(CN(C)C(=O)CCCCCl)cc1. The van der Waals surface area contributed by atoms with E-state index in [0.29, 0.717) is 18.8 Å². The van der Waals surface area contributed by atoms with Crippen LogP contribution in [0.3, 0.4) is 0 Å². The normalized spacial score (nSPS) is 10.3. The molecule has 1 amide bonds. The number of nitrogens with zero attached hydrogens (tertiary/aromatic N) is 1. The highest BCUT2D eigenvalue weighted by atomic mass is 35.5. The summed E-state index contributed by atoms with van der Waals surface area (Å²) in [7, 11) is 1.85. The van der Waals surface area contributed by atoms with Gasteiger partial charge in [-0.3, -0.25) is 4.79 Å². The van der Waals surface area contributed by atoms with Gasteiger partial charge >= 0.3 is 0 Å². The molecule has 0 aliphatic heterocycles. The largest absolute Gasteiger partial charge is 0.341 e. The number of alkyl halides is 1. The van der Waals surface area contributed by atoms with Crippen molar-refractivity contribution < 1.29 is 4.79 Å². The summed E-state index contributed by atoms with van der Waals surface area (Å²) in [6.45, 7) is 2.74. The molecule has 0 N–H and O–H groups in total. The maximum atomic E-state index is 11.8. The van der Waals surface area contributed by atoms with Gasteiger partial charge in [-0.05, 0) is 25.3 Å². The van der Waals surface area contributed by atoms with Gasteiger partial charge in [0.15, 0.2) is 0 Å². The third kappa shape index (κ3) is 5.22. The molecule has 0 aromatic heterocycles. The number of aryl methyl sites for hydroxylation is 1. The maximum absolute atomic E-state index is 11.8. The highest BCUT2D eigenvalue weighted by Crippen LogP contribution is 2.08. The summed E-state index contributed by atoms with van der Waals surface area (Å²) in [5.74, 6) is 0.824. The summed E-state index contributed by atoms with van der Waals surface area (Å²) in [6.07, 6.45) is 2.38. The monoisotopic (exact) mass is 253 g/mol. The molecule has 0 unspecified atom stereocenters. The van der Waals surface area contributed by atoms with Gasteiger partial charge in [0.05, 0.1) is 0 Å². The fourth-order valence-corrected chi connectivity index (χ4v) is 1.81. The Balaban J connectivity index is 2.40. The van der Waals surface area contributed by atoms with E-state index in [1.54, 1.807) is 4.90 Å². The van der Waals surface area contributed by atoms with Crippen LogP contribution >= 0.6 is 11.6 Å². The first-order valence-corrected chi connectivity index (χ1v) is 6.52. The molecule has 2 nitrogen and oxygen atoms in total. The predicted octanol–water partition coefficient (Wildman–Crippen LogP) is 3.36. The summed E-state index contributed by atoms with van der Waals surface area (Å²) < 4.78 is 0. The number of hydrogen-bond donors (Lipinski definition) is 0. The molecule has 0 fully saturated rings. The fourth-order valence-electron chi connectivity index (χ4n) is 1.62. The van der Waals surface area contributed by atoms with Crippen LogP contribution in [0.15, 0.2) is 24.3 Å². The number of carbonyl (C=O) groups excluding carboxylic acids is 1. The highest BCUT2D eigenvalue weighted by Gasteiger charge is 2.08. The molecule has 3 heteroatoms. The van der Waals surface area contributed by atoms with Crippen molar-refractivity contribution in [3.63, 3.8) is 0 Å². The second kappa shape index (κ2) is 7.33. The lowest BCUT2D eigenvalue weighted by Gasteiger charge is -2.17. The smallest absolute Gasteiger partial charge is 0.222 e. The number of halogens is 1. The Morgan fingerprint density at radius 3 is 2.47 bits per heavy atom. The molecule has 0 radical (unpaired) electrons. The van der Waals surface area contributed by atoms with E-state index in [-0.39, 0.29) is 5.91 Å². The van der Waals surface area contributed by atoms with Gasteiger partial charge in [-0.2, -0.15) is 0 Å². The van der Waals surface area contributed by atoms with E-state index in [2.05, 4.69) is 31.2 Å². The second-order valence-corrected chi connectivity index (χ2v) is 4.76. The number of unbranched alkanes of at least 4 members (excludes halogenated alkanes) is 1. The van der Waals surface area contributed by atoms with Gasteiger partial charge < -0.3 is 4.90 Å². The van der Waals surface area contributed by atoms with Crippen molar-refractivity contribution in [1.29, 1.82) is 0 Å². The molecular weight excluding hydrogens is 234 g/mol. The summed E-state index contributed by atoms with van der Waals surface area (Å²) in [4.78, 5) is 13.5. The first-order valence-electron chi connectivity index (χ1n) is 5.99. The zero-order valence-electron chi connectivity index (χ0n) is 10.6. The lowest BCUT2D eigenvalue weighted by atomic mass is 10.1. The van der Waals surface area contributed by atoms with Crippen molar-refractivity contribution in [2.45, 2.75) is 32.7 Å². The Bertz CT molecular complexity index is 348. The molecular formula is C14H20ClNO. The van der Waals surface area contributed by atoms with E-state index in [0.717, 1.165) is 12.8 Å². The molecule has 1 aromatic rings. The molecule has 0 aliphatic carbocycles. The molecule has 0 atom stereocenters. The number of benzene rings is 1. The van der Waals surface area contributed by atoms with Crippen LogP contribution < -0.4 is 0 Å². The van der Waals surface area contributed by atoms with Crippen LogP contribution in [0.25, 0.3) is 0 Å². The first-order chi connectivity index (χ1) is 8.13. The molecule has 0 saturated heterocycles. The van der Waals surface area contributed by atoms with E-state index in [9.17, 15) is 4.79 Å². The highest BCUT2D eigenvalue weighted by molar-refractivity contribution is 6.17. The Hall–Kier alpha value is -1.02. The predicted molar refractivity (Wildman–Crippen MR) is 72.2 cm³/mol. The molecule has 0 bridgehead atoms. The van der Waals surface area contributed by atoms with E-state index in [1.165, 1.54) is 11.1 Å². The van der Waals surface area contributed by atoms with E-state index in [1.807, 2.05) is 7.05 Å². The van der Waals surface area contributed by atoms with Crippen molar-refractivity contribution >= 4 is 17.5 Å². The average Bonchev–Trinajstić information content (AvgIpc) is 2.32. The van der Waals surface area contributed by atoms with Gasteiger partial charge in [0, 0.05) is 25.9 Å². The maximum Gasteiger partial charge on any atom is 0.222 e. The quantitative estimate of drug-likeness (QED) is 0.562. The van der Waals surface area contributed by atoms with Crippen LogP contribution in [-0.2, 0) is 11.3 Å². The molecule has 0 saturated carbocycles. The van der Waals surface area contributed by atoms with Gasteiger partial charge in [0.25, 0.3) is 0 Å². The lowest BCUT2D eigenvalue weighted by Crippen LogP contribution is -2.25. The Labute approximate surface area is 109 Å². The minimum absolute atomic E-state index is 0.190. The van der Waals surface area contributed by atoms with Crippen LogP contribution in [0.4, 0.5) is 0 Å². The van der Waals surface area contributed by atoms with E-state index in [4.69, 9.17) is 11.6 Å². The summed E-state index contributed by atoms with van der Waals surface area (Å²) in [5.41, 5.74) is 2.41. The zero-order chi connectivity index (χ0) is 12.7. The van der Waals surface area contributed by atoms with Crippen LogP contribution in [0.1, 0.15) is 30.4 Å². The van der Waals surface area contributed by atoms with Gasteiger partial charge in [-0.15, -0.1) is 11.6 Å². The van der Waals surface area contributed by atoms with Crippen molar-refractivity contribution in [3.8, 4) is 0 Å². The van der Waals surface area contributed by atoms with Gasteiger partial charge in [-0.1, -0.05) is 29.8 Å². The number of carbonyl (C=O) groups is 1. The Morgan fingerprint density at radius 2 is 1.88 bits per heavy atom. The van der Waals surface area contributed by atoms with Gasteiger partial charge in [0.2, 0.25) is 5.91 Å². The molecule has 1 rings (SSSR count). The summed E-state index contributed by atoms with van der Waals surface area (Å²) >= 11 is 5.58. The zero-order valence-corrected chi connectivity index (χ0v) is 11.3. The average molecular weight is 254 g/mol. The van der Waals surface area contributed by atoms with Crippen molar-refractivity contribution in [2.24, 2.45) is 0 Å². The second-order valence-electron chi connectivity index (χ2n) is 4.38. The standard InChI is InChI=1S/C14H20ClNO/c1-12-6-8-13(9-7-12)11-16(2)14(17)5-3-4-10-15/h6-9H,3-5,10-11H2,1-2H3. The van der Waals surface area contributed by atoms with Crippen LogP contribution in [0, 0.1) is 6.92 Å². The molecule has 0 aliphatic rings. The Kier molecular flexibility index (Phi) is 6.06. The summed E-state index contributed by atoms with van der Waals surface area (Å²) in [6, 6.07) is 8.28. The summed E-state index contributed by atoms with van der Waals surface area (Å²) in [5, 5.41) is 0. The number of amides is 1. The molecule has 1 aromatic carbocycles. The number of rotatable bonds is 6. The Morgan fingerprint density at radius 1 is 1.24 bits per heavy atom. The molecule has 0 spiro atoms. The van der Waals surface area contributed by atoms with Crippen molar-refractivity contribution in [2.75, 3.05) is 12.9 Å². The van der Waals surface area contributed by atoms with Gasteiger partial charge in [-0.25, -0.2) is 0 Å². The molecule has 0 heterocycles. The number of hydrogen-bond acceptors (Lipinski definition) is 1.